The fraction of sp³-hybridized carbons (Fsp3) is 0.114. The van der Waals surface area contributed by atoms with Gasteiger partial charge in [0.1, 0.15) is 19.3 Å². The maximum Gasteiger partial charge on any atom is 0.378 e. The largest absolute Gasteiger partial charge is 0.485 e. The second kappa shape index (κ2) is 17.9. The van der Waals surface area contributed by atoms with E-state index in [9.17, 15) is 4.79 Å². The fourth-order valence-electron chi connectivity index (χ4n) is 5.72. The highest BCUT2D eigenvalue weighted by molar-refractivity contribution is 7.69. The van der Waals surface area contributed by atoms with Gasteiger partial charge in [-0.15, -0.1) is 0 Å². The number of hydrogen-bond acceptors (Lipinski definition) is 6. The van der Waals surface area contributed by atoms with Crippen LogP contribution in [-0.2, 0) is 41.3 Å². The highest BCUT2D eigenvalue weighted by Crippen LogP contribution is 2.43. The van der Waals surface area contributed by atoms with Gasteiger partial charge in [0.15, 0.2) is 11.9 Å². The van der Waals surface area contributed by atoms with Crippen molar-refractivity contribution in [2.75, 3.05) is 6.61 Å². The molecule has 0 bridgehead atoms. The number of carbonyl (C=O) groups excluding carboxylic acids is 1. The van der Waals surface area contributed by atoms with Crippen molar-refractivity contribution in [1.82, 2.24) is 0 Å². The van der Waals surface area contributed by atoms with Crippen LogP contribution >= 0.6 is 16.3 Å². The number of esters is 1. The zero-order valence-electron chi connectivity index (χ0n) is 28.4. The molecule has 0 amide bonds. The van der Waals surface area contributed by atoms with E-state index in [0.29, 0.717) is 5.76 Å². The van der Waals surface area contributed by atoms with Gasteiger partial charge in [0.05, 0.1) is 22.9 Å². The van der Waals surface area contributed by atoms with Gasteiger partial charge < -0.3 is 23.3 Å². The molecule has 1 heterocycles. The van der Waals surface area contributed by atoms with Gasteiger partial charge in [-0.05, 0) is 11.1 Å². The first kappa shape index (κ1) is 35.3. The van der Waals surface area contributed by atoms with Crippen LogP contribution in [0.2, 0.25) is 0 Å². The van der Waals surface area contributed by atoms with Gasteiger partial charge in [0.25, 0.3) is 0 Å². The smallest absolute Gasteiger partial charge is 0.378 e. The normalized spacial score (nSPS) is 14.7. The van der Waals surface area contributed by atoms with Crippen molar-refractivity contribution < 1.29 is 28.1 Å². The minimum absolute atomic E-state index is 0.0375. The van der Waals surface area contributed by atoms with Crippen LogP contribution in [0.25, 0.3) is 0 Å². The number of ether oxygens (including phenoxy) is 3. The molecule has 2 unspecified atom stereocenters. The SMILES string of the molecule is O=C1OC(C(COP(c2ccccc2)c2ccccc2)OP(c2ccccc2)c2ccccc2)C(OCc2ccccc2)=C1OCc1ccccc1. The summed E-state index contributed by atoms with van der Waals surface area (Å²) in [5.74, 6) is -0.275. The molecule has 8 heteroatoms. The Morgan fingerprint density at radius 2 is 0.885 bits per heavy atom. The number of hydrogen-bond donors (Lipinski definition) is 0. The first-order valence-electron chi connectivity index (χ1n) is 17.1. The molecule has 6 nitrogen and oxygen atoms in total. The number of benzene rings is 6. The molecule has 52 heavy (non-hydrogen) atoms. The van der Waals surface area contributed by atoms with Crippen LogP contribution in [0.4, 0.5) is 0 Å². The van der Waals surface area contributed by atoms with Crippen molar-refractivity contribution in [1.29, 1.82) is 0 Å². The van der Waals surface area contributed by atoms with Crippen molar-refractivity contribution >= 4 is 43.5 Å². The van der Waals surface area contributed by atoms with Crippen LogP contribution in [0.1, 0.15) is 11.1 Å². The number of cyclic esters (lactones) is 1. The van der Waals surface area contributed by atoms with Gasteiger partial charge in [-0.1, -0.05) is 182 Å². The summed E-state index contributed by atoms with van der Waals surface area (Å²) in [6, 6.07) is 60.2. The first-order chi connectivity index (χ1) is 25.7. The molecule has 0 saturated heterocycles. The van der Waals surface area contributed by atoms with Gasteiger partial charge in [-0.25, -0.2) is 4.79 Å². The molecule has 1 aliphatic rings. The Labute approximate surface area is 307 Å². The summed E-state index contributed by atoms with van der Waals surface area (Å²) in [5, 5.41) is 4.15. The quantitative estimate of drug-likeness (QED) is 0.0744. The number of carbonyl (C=O) groups is 1. The molecule has 0 N–H and O–H groups in total. The van der Waals surface area contributed by atoms with E-state index in [1.165, 1.54) is 0 Å². The molecular weight excluding hydrogens is 686 g/mol. The zero-order valence-corrected chi connectivity index (χ0v) is 30.2. The summed E-state index contributed by atoms with van der Waals surface area (Å²) in [5.41, 5.74) is 1.86. The molecule has 0 aromatic heterocycles. The van der Waals surface area contributed by atoms with Crippen LogP contribution in [0.3, 0.4) is 0 Å². The van der Waals surface area contributed by atoms with Gasteiger partial charge in [0.2, 0.25) is 5.76 Å². The van der Waals surface area contributed by atoms with E-state index in [0.717, 1.165) is 32.3 Å². The summed E-state index contributed by atoms with van der Waals surface area (Å²) in [7, 11) is -2.62. The van der Waals surface area contributed by atoms with Crippen molar-refractivity contribution in [2.45, 2.75) is 25.4 Å². The van der Waals surface area contributed by atoms with Gasteiger partial charge >= 0.3 is 5.97 Å². The summed E-state index contributed by atoms with van der Waals surface area (Å²) < 4.78 is 33.0. The van der Waals surface area contributed by atoms with Crippen molar-refractivity contribution in [3.63, 3.8) is 0 Å². The van der Waals surface area contributed by atoms with Crippen molar-refractivity contribution in [3.05, 3.63) is 205 Å². The summed E-state index contributed by atoms with van der Waals surface area (Å²) >= 11 is 0. The lowest BCUT2D eigenvalue weighted by Gasteiger charge is -2.30. The zero-order chi connectivity index (χ0) is 35.4. The van der Waals surface area contributed by atoms with Crippen LogP contribution in [0, 0.1) is 0 Å². The Morgan fingerprint density at radius 3 is 1.33 bits per heavy atom. The van der Waals surface area contributed by atoms with E-state index in [1.807, 2.05) is 133 Å². The molecule has 7 rings (SSSR count). The Kier molecular flexibility index (Phi) is 12.2. The summed E-state index contributed by atoms with van der Waals surface area (Å²) in [6.45, 7) is 0.490. The minimum Gasteiger partial charge on any atom is -0.485 e. The highest BCUT2D eigenvalue weighted by atomic mass is 31.1. The van der Waals surface area contributed by atoms with E-state index in [1.54, 1.807) is 0 Å². The molecule has 0 radical (unpaired) electrons. The molecule has 0 fully saturated rings. The monoisotopic (exact) mass is 724 g/mol. The van der Waals surface area contributed by atoms with Crippen LogP contribution in [0.5, 0.6) is 0 Å². The predicted molar refractivity (Wildman–Crippen MR) is 208 cm³/mol. The lowest BCUT2D eigenvalue weighted by atomic mass is 10.1. The average molecular weight is 725 g/mol. The molecule has 2 atom stereocenters. The summed E-state index contributed by atoms with van der Waals surface area (Å²) in [4.78, 5) is 13.8. The van der Waals surface area contributed by atoms with E-state index < -0.39 is 34.5 Å². The van der Waals surface area contributed by atoms with E-state index in [4.69, 9.17) is 23.3 Å². The third-order valence-electron chi connectivity index (χ3n) is 8.27. The Hall–Kier alpha value is -5.09. The molecule has 1 aliphatic heterocycles. The van der Waals surface area contributed by atoms with Gasteiger partial charge in [-0.3, -0.25) is 0 Å². The topological polar surface area (TPSA) is 63.2 Å². The molecule has 6 aromatic carbocycles. The molecular formula is C44H38O6P2. The molecule has 260 valence electrons. The molecule has 0 spiro atoms. The second-order valence-electron chi connectivity index (χ2n) is 11.9. The van der Waals surface area contributed by atoms with Crippen molar-refractivity contribution in [2.24, 2.45) is 0 Å². The maximum atomic E-state index is 13.8. The van der Waals surface area contributed by atoms with E-state index in [2.05, 4.69) is 48.5 Å². The lowest BCUT2D eigenvalue weighted by molar-refractivity contribution is -0.147. The van der Waals surface area contributed by atoms with E-state index in [-0.39, 0.29) is 25.6 Å². The number of rotatable bonds is 16. The van der Waals surface area contributed by atoms with Crippen LogP contribution in [0.15, 0.2) is 194 Å². The van der Waals surface area contributed by atoms with Crippen LogP contribution < -0.4 is 21.2 Å². The average Bonchev–Trinajstić information content (AvgIpc) is 3.53. The Bertz CT molecular complexity index is 1940. The minimum atomic E-state index is -1.37. The second-order valence-corrected chi connectivity index (χ2v) is 15.7. The third-order valence-corrected chi connectivity index (χ3v) is 12.2. The summed E-state index contributed by atoms with van der Waals surface area (Å²) in [6.07, 6.45) is -1.71. The first-order valence-corrected chi connectivity index (χ1v) is 19.6. The van der Waals surface area contributed by atoms with Crippen molar-refractivity contribution in [3.8, 4) is 0 Å². The maximum absolute atomic E-state index is 13.8. The van der Waals surface area contributed by atoms with E-state index >= 15 is 0 Å². The molecule has 0 aliphatic carbocycles. The Morgan fingerprint density at radius 1 is 0.500 bits per heavy atom. The fourth-order valence-corrected chi connectivity index (χ4v) is 9.37. The predicted octanol–water partition coefficient (Wildman–Crippen LogP) is 8.05. The lowest BCUT2D eigenvalue weighted by Crippen LogP contribution is -2.37. The van der Waals surface area contributed by atoms with Gasteiger partial charge in [0, 0.05) is 21.2 Å². The van der Waals surface area contributed by atoms with Crippen LogP contribution in [-0.4, -0.2) is 24.8 Å². The highest BCUT2D eigenvalue weighted by Gasteiger charge is 2.45. The van der Waals surface area contributed by atoms with Gasteiger partial charge in [-0.2, -0.15) is 0 Å². The molecule has 0 saturated carbocycles. The standard InChI is InChI=1S/C44H38O6P2/c45-44-43(47-32-35-21-9-2-10-22-35)42(46-31-34-19-7-1-8-20-34)41(49-44)40(50-52(38-27-15-5-16-28-38)39-29-17-6-18-30-39)33-48-51(36-23-11-3-12-24-36)37-25-13-4-14-26-37/h1-30,40-41H,31-33H2. The molecule has 6 aromatic rings. The third kappa shape index (κ3) is 9.03. The Balaban J connectivity index is 1.27.